The minimum atomic E-state index is 0.526. The van der Waals surface area contributed by atoms with E-state index in [1.165, 1.54) is 12.8 Å². The van der Waals surface area contributed by atoms with Gasteiger partial charge in [-0.2, -0.15) is 0 Å². The largest absolute Gasteiger partial charge is 0.397 e. The van der Waals surface area contributed by atoms with E-state index in [1.54, 1.807) is 6.20 Å². The number of fused-ring (bicyclic) bond motifs is 1. The van der Waals surface area contributed by atoms with Crippen LogP contribution >= 0.6 is 0 Å². The van der Waals surface area contributed by atoms with E-state index in [0.717, 1.165) is 35.2 Å². The van der Waals surface area contributed by atoms with Gasteiger partial charge < -0.3 is 16.0 Å². The number of aromatic nitrogens is 1. The molecule has 0 spiro atoms. The molecule has 1 aromatic heterocycles. The van der Waals surface area contributed by atoms with Gasteiger partial charge in [0.25, 0.3) is 0 Å². The number of rotatable bonds is 2. The molecule has 3 rings (SSSR count). The highest BCUT2D eigenvalue weighted by Crippen LogP contribution is 2.29. The van der Waals surface area contributed by atoms with Crippen LogP contribution in [-0.2, 0) is 0 Å². The SMILES string of the molecule is CN1CCC(Nc2ccc3cnccc3c2N)CC1. The van der Waals surface area contributed by atoms with Gasteiger partial charge in [0, 0.05) is 29.2 Å². The fraction of sp³-hybridized carbons (Fsp3) is 0.400. The Kier molecular flexibility index (Phi) is 3.25. The van der Waals surface area contributed by atoms with E-state index in [2.05, 4.69) is 34.4 Å². The summed E-state index contributed by atoms with van der Waals surface area (Å²) in [5, 5.41) is 5.76. The van der Waals surface area contributed by atoms with Gasteiger partial charge in [-0.3, -0.25) is 4.98 Å². The van der Waals surface area contributed by atoms with Crippen molar-refractivity contribution in [3.8, 4) is 0 Å². The maximum atomic E-state index is 6.26. The maximum absolute atomic E-state index is 6.26. The van der Waals surface area contributed by atoms with Gasteiger partial charge in [-0.05, 0) is 45.1 Å². The summed E-state index contributed by atoms with van der Waals surface area (Å²) in [7, 11) is 2.17. The molecule has 2 aromatic rings. The molecule has 100 valence electrons. The molecule has 0 atom stereocenters. The molecule has 0 bridgehead atoms. The molecule has 0 unspecified atom stereocenters. The number of benzene rings is 1. The molecular formula is C15H20N4. The number of piperidine rings is 1. The number of nitrogens with two attached hydrogens (primary N) is 1. The van der Waals surface area contributed by atoms with Crippen LogP contribution in [0.2, 0.25) is 0 Å². The third-order valence-corrected chi connectivity index (χ3v) is 3.94. The van der Waals surface area contributed by atoms with E-state index in [9.17, 15) is 0 Å². The molecule has 0 aliphatic carbocycles. The summed E-state index contributed by atoms with van der Waals surface area (Å²) in [6, 6.07) is 6.65. The number of hydrogen-bond donors (Lipinski definition) is 2. The Hall–Kier alpha value is -1.81. The Balaban J connectivity index is 1.83. The first kappa shape index (κ1) is 12.2. The molecule has 4 heteroatoms. The third-order valence-electron chi connectivity index (χ3n) is 3.94. The second kappa shape index (κ2) is 5.05. The minimum absolute atomic E-state index is 0.526. The monoisotopic (exact) mass is 256 g/mol. The Morgan fingerprint density at radius 3 is 2.84 bits per heavy atom. The van der Waals surface area contributed by atoms with Crippen molar-refractivity contribution in [3.63, 3.8) is 0 Å². The van der Waals surface area contributed by atoms with E-state index >= 15 is 0 Å². The smallest absolute Gasteiger partial charge is 0.0630 e. The molecule has 1 aliphatic heterocycles. The van der Waals surface area contributed by atoms with Gasteiger partial charge >= 0.3 is 0 Å². The van der Waals surface area contributed by atoms with Crippen LogP contribution in [0.15, 0.2) is 30.6 Å². The van der Waals surface area contributed by atoms with Crippen molar-refractivity contribution in [1.29, 1.82) is 0 Å². The van der Waals surface area contributed by atoms with Gasteiger partial charge in [0.05, 0.1) is 11.4 Å². The molecule has 0 amide bonds. The number of likely N-dealkylation sites (tertiary alicyclic amines) is 1. The summed E-state index contributed by atoms with van der Waals surface area (Å²) in [5.74, 6) is 0. The zero-order chi connectivity index (χ0) is 13.2. The van der Waals surface area contributed by atoms with Crippen LogP contribution in [0.5, 0.6) is 0 Å². The summed E-state index contributed by atoms with van der Waals surface area (Å²) in [4.78, 5) is 6.49. The van der Waals surface area contributed by atoms with Crippen LogP contribution in [0.25, 0.3) is 10.8 Å². The standard InChI is InChI=1S/C15H20N4/c1-19-8-5-12(6-9-19)18-14-3-2-11-10-17-7-4-13(11)15(14)16/h2-4,7,10,12,18H,5-6,8-9,16H2,1H3. The molecule has 0 radical (unpaired) electrons. The molecule has 1 aliphatic rings. The van der Waals surface area contributed by atoms with E-state index in [0.29, 0.717) is 6.04 Å². The summed E-state index contributed by atoms with van der Waals surface area (Å²) < 4.78 is 0. The van der Waals surface area contributed by atoms with E-state index in [-0.39, 0.29) is 0 Å². The average molecular weight is 256 g/mol. The Labute approximate surface area is 113 Å². The summed E-state index contributed by atoms with van der Waals surface area (Å²) in [6.07, 6.45) is 5.98. The van der Waals surface area contributed by atoms with Gasteiger partial charge in [0.15, 0.2) is 0 Å². The molecular weight excluding hydrogens is 236 g/mol. The Morgan fingerprint density at radius 1 is 1.26 bits per heavy atom. The Bertz CT molecular complexity index is 573. The fourth-order valence-corrected chi connectivity index (χ4v) is 2.69. The molecule has 1 aromatic carbocycles. The summed E-state index contributed by atoms with van der Waals surface area (Å²) in [5.41, 5.74) is 8.14. The first-order chi connectivity index (χ1) is 9.24. The molecule has 19 heavy (non-hydrogen) atoms. The van der Waals surface area contributed by atoms with Crippen molar-refractivity contribution in [3.05, 3.63) is 30.6 Å². The van der Waals surface area contributed by atoms with Crippen molar-refractivity contribution < 1.29 is 0 Å². The van der Waals surface area contributed by atoms with Crippen LogP contribution in [0, 0.1) is 0 Å². The lowest BCUT2D eigenvalue weighted by molar-refractivity contribution is 0.264. The van der Waals surface area contributed by atoms with Crippen molar-refractivity contribution >= 4 is 22.1 Å². The van der Waals surface area contributed by atoms with Gasteiger partial charge in [0.1, 0.15) is 0 Å². The van der Waals surface area contributed by atoms with E-state index in [1.807, 2.05) is 12.3 Å². The lowest BCUT2D eigenvalue weighted by atomic mass is 10.0. The lowest BCUT2D eigenvalue weighted by Gasteiger charge is -2.30. The second-order valence-electron chi connectivity index (χ2n) is 5.35. The van der Waals surface area contributed by atoms with Crippen molar-refractivity contribution in [2.75, 3.05) is 31.2 Å². The second-order valence-corrected chi connectivity index (χ2v) is 5.35. The first-order valence-corrected chi connectivity index (χ1v) is 6.81. The van der Waals surface area contributed by atoms with E-state index in [4.69, 9.17) is 5.73 Å². The number of nitrogens with one attached hydrogen (secondary N) is 1. The summed E-state index contributed by atoms with van der Waals surface area (Å²) >= 11 is 0. The van der Waals surface area contributed by atoms with Gasteiger partial charge in [0.2, 0.25) is 0 Å². The van der Waals surface area contributed by atoms with Gasteiger partial charge in [-0.15, -0.1) is 0 Å². The number of anilines is 2. The summed E-state index contributed by atoms with van der Waals surface area (Å²) in [6.45, 7) is 2.30. The van der Waals surface area contributed by atoms with Gasteiger partial charge in [-0.25, -0.2) is 0 Å². The van der Waals surface area contributed by atoms with Crippen LogP contribution in [0.4, 0.5) is 11.4 Å². The van der Waals surface area contributed by atoms with Crippen LogP contribution in [0.1, 0.15) is 12.8 Å². The fourth-order valence-electron chi connectivity index (χ4n) is 2.69. The molecule has 1 saturated heterocycles. The number of hydrogen-bond acceptors (Lipinski definition) is 4. The number of nitrogen functional groups attached to an aromatic ring is 1. The predicted octanol–water partition coefficient (Wildman–Crippen LogP) is 2.32. The topological polar surface area (TPSA) is 54.2 Å². The zero-order valence-electron chi connectivity index (χ0n) is 11.3. The third kappa shape index (κ3) is 2.49. The molecule has 1 fully saturated rings. The first-order valence-electron chi connectivity index (χ1n) is 6.81. The molecule has 4 nitrogen and oxygen atoms in total. The maximum Gasteiger partial charge on any atom is 0.0630 e. The number of nitrogens with zero attached hydrogens (tertiary/aromatic N) is 2. The quantitative estimate of drug-likeness (QED) is 0.810. The Morgan fingerprint density at radius 2 is 2.05 bits per heavy atom. The highest BCUT2D eigenvalue weighted by Gasteiger charge is 2.17. The predicted molar refractivity (Wildman–Crippen MR) is 80.3 cm³/mol. The average Bonchev–Trinajstić information content (AvgIpc) is 2.45. The van der Waals surface area contributed by atoms with E-state index < -0.39 is 0 Å². The molecule has 0 saturated carbocycles. The van der Waals surface area contributed by atoms with Crippen molar-refractivity contribution in [2.24, 2.45) is 0 Å². The van der Waals surface area contributed by atoms with Crippen molar-refractivity contribution in [2.45, 2.75) is 18.9 Å². The number of pyridine rings is 1. The van der Waals surface area contributed by atoms with Gasteiger partial charge in [-0.1, -0.05) is 6.07 Å². The molecule has 3 N–H and O–H groups in total. The van der Waals surface area contributed by atoms with Crippen LogP contribution in [0.3, 0.4) is 0 Å². The van der Waals surface area contributed by atoms with Crippen molar-refractivity contribution in [1.82, 2.24) is 9.88 Å². The highest BCUT2D eigenvalue weighted by molar-refractivity contribution is 5.98. The van der Waals surface area contributed by atoms with Crippen LogP contribution in [-0.4, -0.2) is 36.1 Å². The van der Waals surface area contributed by atoms with Crippen LogP contribution < -0.4 is 11.1 Å². The highest BCUT2D eigenvalue weighted by atomic mass is 15.1. The lowest BCUT2D eigenvalue weighted by Crippen LogP contribution is -2.36. The minimum Gasteiger partial charge on any atom is -0.397 e. The zero-order valence-corrected chi connectivity index (χ0v) is 11.3. The normalized spacial score (nSPS) is 17.7. The molecule has 2 heterocycles.